The van der Waals surface area contributed by atoms with Crippen molar-refractivity contribution < 1.29 is 15.0 Å². The summed E-state index contributed by atoms with van der Waals surface area (Å²) in [5.74, 6) is -1.14. The Morgan fingerprint density at radius 3 is 2.67 bits per heavy atom. The molecule has 0 saturated heterocycles. The Morgan fingerprint density at radius 2 is 2.20 bits per heavy atom. The van der Waals surface area contributed by atoms with Crippen molar-refractivity contribution in [3.8, 4) is 11.8 Å². The highest BCUT2D eigenvalue weighted by atomic mass is 35.5. The lowest BCUT2D eigenvalue weighted by Crippen LogP contribution is -2.03. The molecule has 15 heavy (non-hydrogen) atoms. The van der Waals surface area contributed by atoms with E-state index in [2.05, 4.69) is 0 Å². The lowest BCUT2D eigenvalue weighted by Gasteiger charge is -2.06. The SMILES string of the molecule is N#Cc1cc(CCl)cc(O)c1CC(=O)O. The zero-order chi connectivity index (χ0) is 11.4. The summed E-state index contributed by atoms with van der Waals surface area (Å²) in [6, 6.07) is 4.68. The van der Waals surface area contributed by atoms with Crippen molar-refractivity contribution in [1.82, 2.24) is 0 Å². The molecule has 0 aliphatic heterocycles. The molecule has 0 saturated carbocycles. The minimum Gasteiger partial charge on any atom is -0.508 e. The lowest BCUT2D eigenvalue weighted by atomic mass is 10.0. The number of alkyl halides is 1. The number of hydrogen-bond donors (Lipinski definition) is 2. The van der Waals surface area contributed by atoms with Crippen LogP contribution in [0.15, 0.2) is 12.1 Å². The molecule has 0 aliphatic rings. The van der Waals surface area contributed by atoms with Gasteiger partial charge < -0.3 is 10.2 Å². The van der Waals surface area contributed by atoms with Gasteiger partial charge in [-0.25, -0.2) is 0 Å². The van der Waals surface area contributed by atoms with Crippen LogP contribution in [0, 0.1) is 11.3 Å². The van der Waals surface area contributed by atoms with Crippen molar-refractivity contribution in [2.45, 2.75) is 12.3 Å². The molecular weight excluding hydrogens is 218 g/mol. The number of aromatic hydroxyl groups is 1. The first-order chi connectivity index (χ1) is 7.08. The van der Waals surface area contributed by atoms with Gasteiger partial charge in [0.1, 0.15) is 5.75 Å². The summed E-state index contributed by atoms with van der Waals surface area (Å²) in [6.07, 6.45) is -0.378. The maximum Gasteiger partial charge on any atom is 0.308 e. The van der Waals surface area contributed by atoms with E-state index in [1.165, 1.54) is 12.1 Å². The summed E-state index contributed by atoms with van der Waals surface area (Å²) in [4.78, 5) is 10.5. The molecule has 0 spiro atoms. The minimum atomic E-state index is -1.10. The van der Waals surface area contributed by atoms with Gasteiger partial charge in [0.05, 0.1) is 18.1 Å². The summed E-state index contributed by atoms with van der Waals surface area (Å²) in [7, 11) is 0. The van der Waals surface area contributed by atoms with Crippen LogP contribution in [-0.2, 0) is 17.1 Å². The highest BCUT2D eigenvalue weighted by molar-refractivity contribution is 6.17. The molecule has 1 aromatic carbocycles. The Bertz CT molecular complexity index is 437. The Balaban J connectivity index is 3.26. The van der Waals surface area contributed by atoms with Crippen molar-refractivity contribution in [3.05, 3.63) is 28.8 Å². The van der Waals surface area contributed by atoms with E-state index in [0.717, 1.165) is 0 Å². The van der Waals surface area contributed by atoms with Crippen molar-refractivity contribution in [2.24, 2.45) is 0 Å². The molecule has 0 atom stereocenters. The van der Waals surface area contributed by atoms with Crippen LogP contribution in [0.4, 0.5) is 0 Å². The van der Waals surface area contributed by atoms with Crippen molar-refractivity contribution in [1.29, 1.82) is 5.26 Å². The number of phenolic OH excluding ortho intramolecular Hbond substituents is 1. The van der Waals surface area contributed by atoms with Crippen molar-refractivity contribution in [3.63, 3.8) is 0 Å². The molecule has 0 radical (unpaired) electrons. The standard InChI is InChI=1S/C10H8ClNO3/c11-4-6-1-7(5-12)8(3-10(14)15)9(13)2-6/h1-2,13H,3-4H2,(H,14,15). The van der Waals surface area contributed by atoms with Crippen LogP contribution in [0.25, 0.3) is 0 Å². The van der Waals surface area contributed by atoms with Gasteiger partial charge >= 0.3 is 5.97 Å². The predicted octanol–water partition coefficient (Wildman–Crippen LogP) is 1.63. The molecule has 0 unspecified atom stereocenters. The summed E-state index contributed by atoms with van der Waals surface area (Å²) in [6.45, 7) is 0. The van der Waals surface area contributed by atoms with Crippen LogP contribution < -0.4 is 0 Å². The van der Waals surface area contributed by atoms with E-state index in [4.69, 9.17) is 22.0 Å². The molecule has 0 heterocycles. The summed E-state index contributed by atoms with van der Waals surface area (Å²) >= 11 is 5.55. The number of rotatable bonds is 3. The van der Waals surface area contributed by atoms with Gasteiger partial charge in [0.15, 0.2) is 0 Å². The van der Waals surface area contributed by atoms with Crippen LogP contribution in [0.1, 0.15) is 16.7 Å². The first kappa shape index (κ1) is 11.3. The van der Waals surface area contributed by atoms with E-state index >= 15 is 0 Å². The molecule has 1 rings (SSSR count). The number of hydrogen-bond acceptors (Lipinski definition) is 3. The Labute approximate surface area is 91.3 Å². The first-order valence-electron chi connectivity index (χ1n) is 4.11. The third-order valence-electron chi connectivity index (χ3n) is 1.89. The molecule has 4 nitrogen and oxygen atoms in total. The molecule has 5 heteroatoms. The maximum atomic E-state index is 10.5. The molecule has 0 aliphatic carbocycles. The molecular formula is C10H8ClNO3. The number of aliphatic carboxylic acids is 1. The third kappa shape index (κ3) is 2.61. The smallest absolute Gasteiger partial charge is 0.308 e. The van der Waals surface area contributed by atoms with E-state index in [0.29, 0.717) is 5.56 Å². The van der Waals surface area contributed by atoms with Gasteiger partial charge in [0.25, 0.3) is 0 Å². The van der Waals surface area contributed by atoms with Crippen LogP contribution in [-0.4, -0.2) is 16.2 Å². The Kier molecular flexibility index (Phi) is 3.53. The largest absolute Gasteiger partial charge is 0.508 e. The monoisotopic (exact) mass is 225 g/mol. The second-order valence-corrected chi connectivity index (χ2v) is 3.22. The van der Waals surface area contributed by atoms with E-state index in [1.807, 2.05) is 6.07 Å². The zero-order valence-electron chi connectivity index (χ0n) is 7.70. The minimum absolute atomic E-state index is 0.124. The number of halogens is 1. The second kappa shape index (κ2) is 4.67. The average molecular weight is 226 g/mol. The molecule has 1 aromatic rings. The fourth-order valence-corrected chi connectivity index (χ4v) is 1.38. The van der Waals surface area contributed by atoms with Crippen molar-refractivity contribution >= 4 is 17.6 Å². The fourth-order valence-electron chi connectivity index (χ4n) is 1.23. The van der Waals surface area contributed by atoms with Gasteiger partial charge in [0, 0.05) is 11.4 Å². The van der Waals surface area contributed by atoms with Gasteiger partial charge in [-0.2, -0.15) is 5.26 Å². The number of carboxylic acids is 1. The van der Waals surface area contributed by atoms with E-state index in [1.54, 1.807) is 0 Å². The van der Waals surface area contributed by atoms with Crippen molar-refractivity contribution in [2.75, 3.05) is 0 Å². The van der Waals surface area contributed by atoms with Crippen LogP contribution >= 0.6 is 11.6 Å². The molecule has 0 aromatic heterocycles. The fraction of sp³-hybridized carbons (Fsp3) is 0.200. The number of nitrogens with zero attached hydrogens (tertiary/aromatic N) is 1. The Morgan fingerprint density at radius 1 is 1.53 bits per heavy atom. The first-order valence-corrected chi connectivity index (χ1v) is 4.64. The second-order valence-electron chi connectivity index (χ2n) is 2.96. The number of nitriles is 1. The number of benzene rings is 1. The van der Waals surface area contributed by atoms with Crippen LogP contribution in [0.5, 0.6) is 5.75 Å². The Hall–Kier alpha value is -1.73. The van der Waals surface area contributed by atoms with Gasteiger partial charge in [-0.05, 0) is 17.7 Å². The topological polar surface area (TPSA) is 81.3 Å². The summed E-state index contributed by atoms with van der Waals surface area (Å²) in [5.41, 5.74) is 0.853. The average Bonchev–Trinajstić information content (AvgIpc) is 2.20. The molecule has 0 fully saturated rings. The normalized spacial score (nSPS) is 9.60. The third-order valence-corrected chi connectivity index (χ3v) is 2.20. The van der Waals surface area contributed by atoms with Crippen LogP contribution in [0.2, 0.25) is 0 Å². The predicted molar refractivity (Wildman–Crippen MR) is 53.7 cm³/mol. The zero-order valence-corrected chi connectivity index (χ0v) is 8.45. The number of phenols is 1. The summed E-state index contributed by atoms with van der Waals surface area (Å²) in [5, 5.41) is 26.9. The molecule has 0 bridgehead atoms. The van der Waals surface area contributed by atoms with Gasteiger partial charge in [-0.15, -0.1) is 11.6 Å². The maximum absolute atomic E-state index is 10.5. The van der Waals surface area contributed by atoms with E-state index in [9.17, 15) is 9.90 Å². The van der Waals surface area contributed by atoms with E-state index < -0.39 is 5.97 Å². The highest BCUT2D eigenvalue weighted by Gasteiger charge is 2.13. The lowest BCUT2D eigenvalue weighted by molar-refractivity contribution is -0.136. The number of carbonyl (C=O) groups is 1. The molecule has 78 valence electrons. The summed E-state index contributed by atoms with van der Waals surface area (Å²) < 4.78 is 0. The van der Waals surface area contributed by atoms with E-state index in [-0.39, 0.29) is 29.2 Å². The molecule has 0 amide bonds. The van der Waals surface area contributed by atoms with Gasteiger partial charge in [0.2, 0.25) is 0 Å². The highest BCUT2D eigenvalue weighted by Crippen LogP contribution is 2.24. The van der Waals surface area contributed by atoms with Crippen LogP contribution in [0.3, 0.4) is 0 Å². The van der Waals surface area contributed by atoms with Gasteiger partial charge in [-0.3, -0.25) is 4.79 Å². The van der Waals surface area contributed by atoms with Gasteiger partial charge in [-0.1, -0.05) is 0 Å². The molecule has 2 N–H and O–H groups in total. The number of carboxylic acid groups (broad SMARTS) is 1. The quantitative estimate of drug-likeness (QED) is 0.766.